The van der Waals surface area contributed by atoms with E-state index in [1.165, 1.54) is 12.1 Å². The molecule has 0 N–H and O–H groups in total. The summed E-state index contributed by atoms with van der Waals surface area (Å²) in [5.41, 5.74) is 0.677. The number of aryl methyl sites for hydroxylation is 1. The van der Waals surface area contributed by atoms with Gasteiger partial charge in [0.05, 0.1) is 4.90 Å². The van der Waals surface area contributed by atoms with E-state index in [4.69, 9.17) is 0 Å². The molecule has 0 radical (unpaired) electrons. The largest absolute Gasteiger partial charge is 0.412 e. The first-order valence-electron chi connectivity index (χ1n) is 6.60. The van der Waals surface area contributed by atoms with Gasteiger partial charge >= 0.3 is 19.9 Å². The Hall–Kier alpha value is -1.14. The molecule has 0 amide bonds. The number of hydrogen-bond acceptors (Lipinski definition) is 6. The Kier molecular flexibility index (Phi) is 7.27. The van der Waals surface area contributed by atoms with Crippen LogP contribution in [0.5, 0.6) is 0 Å². The maximum absolute atomic E-state index is 12.2. The number of alkyl halides is 6. The molecule has 0 aliphatic heterocycles. The molecule has 0 spiro atoms. The van der Waals surface area contributed by atoms with Gasteiger partial charge in [-0.3, -0.25) is 17.8 Å². The van der Waals surface area contributed by atoms with Gasteiger partial charge in [0, 0.05) is 0 Å². The van der Waals surface area contributed by atoms with Crippen LogP contribution in [0.3, 0.4) is 0 Å². The number of benzene rings is 1. The average Bonchev–Trinajstić information content (AvgIpc) is 2.49. The molecule has 6 nitrogen and oxygen atoms in total. The van der Waals surface area contributed by atoms with Crippen LogP contribution in [0.25, 0.3) is 0 Å². The smallest absolute Gasteiger partial charge is 0.297 e. The van der Waals surface area contributed by atoms with Crippen molar-refractivity contribution >= 4 is 17.7 Å². The zero-order chi connectivity index (χ0) is 20.2. The summed E-state index contributed by atoms with van der Waals surface area (Å²) in [5, 5.41) is 0. The molecular weight excluding hydrogens is 417 g/mol. The second-order valence-corrected chi connectivity index (χ2v) is 8.51. The van der Waals surface area contributed by atoms with Gasteiger partial charge in [-0.1, -0.05) is 17.7 Å². The van der Waals surface area contributed by atoms with Crippen LogP contribution in [0.15, 0.2) is 29.2 Å². The molecule has 0 aliphatic rings. The molecule has 0 aromatic heterocycles. The molecule has 0 heterocycles. The Morgan fingerprint density at radius 2 is 1.35 bits per heavy atom. The van der Waals surface area contributed by atoms with E-state index < -0.39 is 54.5 Å². The van der Waals surface area contributed by atoms with E-state index in [2.05, 4.69) is 13.2 Å². The maximum atomic E-state index is 12.2. The van der Waals surface area contributed by atoms with E-state index in [1.54, 1.807) is 6.92 Å². The first-order chi connectivity index (χ1) is 11.6. The summed E-state index contributed by atoms with van der Waals surface area (Å²) in [6.45, 7) is -2.78. The minimum atomic E-state index is -5.18. The van der Waals surface area contributed by atoms with E-state index in [9.17, 15) is 39.3 Å². The van der Waals surface area contributed by atoms with Crippen molar-refractivity contribution in [2.24, 2.45) is 0 Å². The van der Waals surface area contributed by atoms with Crippen molar-refractivity contribution in [1.82, 2.24) is 0 Å². The lowest BCUT2D eigenvalue weighted by Crippen LogP contribution is -2.21. The van der Waals surface area contributed by atoms with E-state index >= 15 is 0 Å². The quantitative estimate of drug-likeness (QED) is 0.352. The second kappa shape index (κ2) is 8.26. The third-order valence-electron chi connectivity index (χ3n) is 2.53. The Labute approximate surface area is 144 Å². The molecule has 1 aromatic rings. The van der Waals surface area contributed by atoms with Crippen LogP contribution in [-0.4, -0.2) is 40.3 Å². The Morgan fingerprint density at radius 3 is 1.73 bits per heavy atom. The maximum Gasteiger partial charge on any atom is 0.412 e. The second-order valence-electron chi connectivity index (χ2n) is 4.90. The molecule has 0 fully saturated rings. The number of halogens is 6. The van der Waals surface area contributed by atoms with Gasteiger partial charge < -0.3 is 0 Å². The number of rotatable bonds is 8. The highest BCUT2D eigenvalue weighted by molar-refractivity contribution is 7.87. The lowest BCUT2D eigenvalue weighted by atomic mass is 10.2. The normalized spacial score (nSPS) is 13.8. The summed E-state index contributed by atoms with van der Waals surface area (Å²) in [6, 6.07) is 4.91. The van der Waals surface area contributed by atoms with Crippen molar-refractivity contribution in [3.8, 4) is 0 Å². The molecule has 1 rings (SSSR count). The molecule has 0 bridgehead atoms. The summed E-state index contributed by atoms with van der Waals surface area (Å²) >= 11 is 0. The molecule has 0 unspecified atom stereocenters. The van der Waals surface area contributed by atoms with Gasteiger partial charge in [-0.05, 0) is 19.1 Å². The SMILES string of the molecule is Cc1ccc(S(=O)(=O)OCP(=O)(OCC(F)(F)F)OCC(F)(F)F)cc1. The molecule has 0 aliphatic carbocycles. The topological polar surface area (TPSA) is 78.9 Å². The monoisotopic (exact) mass is 430 g/mol. The summed E-state index contributed by atoms with van der Waals surface area (Å²) in [4.78, 5) is -0.443. The lowest BCUT2D eigenvalue weighted by molar-refractivity contribution is -0.165. The fourth-order valence-corrected chi connectivity index (χ4v) is 3.95. The van der Waals surface area contributed by atoms with Gasteiger partial charge in [0.25, 0.3) is 10.1 Å². The van der Waals surface area contributed by atoms with Crippen LogP contribution in [0.1, 0.15) is 5.56 Å². The fraction of sp³-hybridized carbons (Fsp3) is 0.500. The van der Waals surface area contributed by atoms with Crippen molar-refractivity contribution in [2.45, 2.75) is 24.2 Å². The molecule has 1 aromatic carbocycles. The highest BCUT2D eigenvalue weighted by Gasteiger charge is 2.39. The predicted octanol–water partition coefficient (Wildman–Crippen LogP) is 4.01. The van der Waals surface area contributed by atoms with Crippen molar-refractivity contribution in [3.63, 3.8) is 0 Å². The zero-order valence-corrected chi connectivity index (χ0v) is 14.7. The Bertz CT molecular complexity index is 721. The predicted molar refractivity (Wildman–Crippen MR) is 75.9 cm³/mol. The van der Waals surface area contributed by atoms with Gasteiger partial charge in [-0.2, -0.15) is 34.8 Å². The lowest BCUT2D eigenvalue weighted by Gasteiger charge is -2.20. The van der Waals surface area contributed by atoms with Crippen molar-refractivity contribution in [2.75, 3.05) is 19.6 Å². The van der Waals surface area contributed by atoms with E-state index in [1.807, 2.05) is 0 Å². The van der Waals surface area contributed by atoms with Gasteiger partial charge in [0.1, 0.15) is 0 Å². The summed E-state index contributed by atoms with van der Waals surface area (Å²) in [6.07, 6.45) is -11.7. The van der Waals surface area contributed by atoms with E-state index in [0.29, 0.717) is 5.56 Å². The van der Waals surface area contributed by atoms with Gasteiger partial charge in [-0.15, -0.1) is 0 Å². The molecule has 150 valence electrons. The standard InChI is InChI=1S/C12H13F6O6PS/c1-9-2-4-10(5-3-9)26(20,21)24-8-25(19,22-6-11(13,14)15)23-7-12(16,17)18/h2-5H,6-8H2,1H3. The van der Waals surface area contributed by atoms with E-state index in [-0.39, 0.29) is 0 Å². The minimum Gasteiger partial charge on any atom is -0.297 e. The van der Waals surface area contributed by atoms with Crippen molar-refractivity contribution < 1.29 is 52.6 Å². The number of hydrogen-bond donors (Lipinski definition) is 0. The third kappa shape index (κ3) is 8.49. The molecule has 0 saturated carbocycles. The zero-order valence-electron chi connectivity index (χ0n) is 13.0. The summed E-state index contributed by atoms with van der Waals surface area (Å²) in [5.74, 6) is 0. The molecule has 14 heteroatoms. The molecular formula is C12H13F6O6PS. The molecule has 26 heavy (non-hydrogen) atoms. The fourth-order valence-electron chi connectivity index (χ4n) is 1.36. The van der Waals surface area contributed by atoms with Crippen molar-refractivity contribution in [1.29, 1.82) is 0 Å². The average molecular weight is 430 g/mol. The Balaban J connectivity index is 2.90. The molecule has 0 atom stereocenters. The van der Waals surface area contributed by atoms with Gasteiger partial charge in [0.2, 0.25) is 0 Å². The van der Waals surface area contributed by atoms with Crippen LogP contribution in [0.2, 0.25) is 0 Å². The highest BCUT2D eigenvalue weighted by atomic mass is 32.2. The van der Waals surface area contributed by atoms with Gasteiger partial charge in [-0.25, -0.2) is 0 Å². The van der Waals surface area contributed by atoms with Gasteiger partial charge in [0.15, 0.2) is 19.6 Å². The van der Waals surface area contributed by atoms with Crippen LogP contribution in [0.4, 0.5) is 26.3 Å². The van der Waals surface area contributed by atoms with Crippen molar-refractivity contribution in [3.05, 3.63) is 29.8 Å². The van der Waals surface area contributed by atoms with E-state index in [0.717, 1.165) is 12.1 Å². The summed E-state index contributed by atoms with van der Waals surface area (Å²) < 4.78 is 121. The summed E-state index contributed by atoms with van der Waals surface area (Å²) in [7, 11) is -9.79. The first-order valence-corrected chi connectivity index (χ1v) is 9.73. The van der Waals surface area contributed by atoms with Crippen LogP contribution in [-0.2, 0) is 27.9 Å². The van der Waals surface area contributed by atoms with Crippen LogP contribution in [0, 0.1) is 6.92 Å². The third-order valence-corrected chi connectivity index (χ3v) is 5.47. The first kappa shape index (κ1) is 22.9. The van der Waals surface area contributed by atoms with Crippen LogP contribution >= 0.6 is 7.60 Å². The Morgan fingerprint density at radius 1 is 0.923 bits per heavy atom. The minimum absolute atomic E-state index is 0.443. The van der Waals surface area contributed by atoms with Crippen LogP contribution < -0.4 is 0 Å². The highest BCUT2D eigenvalue weighted by Crippen LogP contribution is 2.50. The molecule has 0 saturated heterocycles.